The molecule has 32 heavy (non-hydrogen) atoms. The molecule has 0 aliphatic rings. The number of nitrogens with one attached hydrogen (secondary N) is 1. The molecule has 0 bridgehead atoms. The quantitative estimate of drug-likeness (QED) is 0.212. The van der Waals surface area contributed by atoms with E-state index in [0.29, 0.717) is 16.9 Å². The minimum absolute atomic E-state index is 0. The second-order valence-corrected chi connectivity index (χ2v) is 9.39. The normalized spacial score (nSPS) is 11.0. The number of ether oxygens (including phenoxy) is 1. The van der Waals surface area contributed by atoms with Gasteiger partial charge in [-0.15, -0.1) is 4.49 Å². The molecule has 0 saturated carbocycles. The van der Waals surface area contributed by atoms with Crippen molar-refractivity contribution in [1.82, 2.24) is 14.0 Å². The van der Waals surface area contributed by atoms with Gasteiger partial charge in [0.1, 0.15) is 6.33 Å². The first kappa shape index (κ1) is 32.7. The number of nitrogens with zero attached hydrogens (tertiary/aromatic N) is 2. The fraction of sp³-hybridized carbons (Fsp3) is 0.0625. The molecule has 0 amide bonds. The molecule has 0 atom stereocenters. The third-order valence-corrected chi connectivity index (χ3v) is 6.89. The number of aromatic nitrogens is 2. The van der Waals surface area contributed by atoms with Crippen LogP contribution in [0.25, 0.3) is 16.9 Å². The first-order valence-corrected chi connectivity index (χ1v) is 11.3. The van der Waals surface area contributed by atoms with Crippen LogP contribution in [0.1, 0.15) is 4.28 Å². The molecule has 0 spiro atoms. The number of benzene rings is 2. The van der Waals surface area contributed by atoms with Gasteiger partial charge < -0.3 is 18.8 Å². The maximum Gasteiger partial charge on any atom is 1.00 e. The number of hydrogen-bond donors (Lipinski definition) is 3. The molecule has 2 aromatic carbocycles. The summed E-state index contributed by atoms with van der Waals surface area (Å²) in [5.74, 6) is -0.540. The number of methoxy groups -OCH3 is 1. The number of imidazole rings is 1. The molecule has 1 heterocycles. The Balaban J connectivity index is -0.000000801. The van der Waals surface area contributed by atoms with Crippen LogP contribution in [0.15, 0.2) is 53.7 Å². The molecule has 3 rings (SSSR count). The molecule has 0 saturated heterocycles. The summed E-state index contributed by atoms with van der Waals surface area (Å²) in [6.45, 7) is 0. The fourth-order valence-corrected chi connectivity index (χ4v) is 5.00. The summed E-state index contributed by atoms with van der Waals surface area (Å²) in [6.07, 6.45) is 1.37. The third-order valence-electron chi connectivity index (χ3n) is 3.81. The van der Waals surface area contributed by atoms with Crippen molar-refractivity contribution >= 4 is 29.4 Å². The predicted octanol–water partition coefficient (Wildman–Crippen LogP) is -5.94. The van der Waals surface area contributed by atoms with Crippen LogP contribution in [0.2, 0.25) is 5.15 Å². The number of rotatable bonds is 6. The first-order valence-electron chi connectivity index (χ1n) is 7.78. The Labute approximate surface area is 259 Å². The molecule has 0 unspecified atom stereocenters. The smallest absolute Gasteiger partial charge is 1.00 e. The van der Waals surface area contributed by atoms with E-state index in [-0.39, 0.29) is 109 Å². The number of halogens is 2. The Bertz CT molecular complexity index is 1240. The fourth-order valence-electron chi connectivity index (χ4n) is 2.59. The molecule has 9 nitrogen and oxygen atoms in total. The number of sulfonamides is 1. The van der Waals surface area contributed by atoms with Gasteiger partial charge in [0.05, 0.1) is 17.7 Å². The van der Waals surface area contributed by atoms with Gasteiger partial charge in [-0.05, 0) is 42.5 Å². The van der Waals surface area contributed by atoms with Gasteiger partial charge in [-0.1, -0.05) is 11.6 Å². The summed E-state index contributed by atoms with van der Waals surface area (Å²) in [6, 6.07) is 9.32. The summed E-state index contributed by atoms with van der Waals surface area (Å²) in [5, 5.41) is 0.0921. The Morgan fingerprint density at radius 2 is 1.75 bits per heavy atom. The van der Waals surface area contributed by atoms with Crippen LogP contribution in [0.3, 0.4) is 0 Å². The molecule has 16 heteroatoms. The Morgan fingerprint density at radius 3 is 2.25 bits per heavy atom. The van der Waals surface area contributed by atoms with Gasteiger partial charge in [-0.25, -0.2) is 22.4 Å². The minimum Gasteiger partial charge on any atom is -1.00 e. The standard InChI is InChI=1S/C16H14ClFN3O6PS.3Na.3H/c1-27-14-7-2-10(8-13(14)18)15-16(17)19-9-21(15)11-3-5-12(6-4-11)29(25,26)20-28(22,23)24;;;;;;/h2-9H,1H3,(H3,20,22,23,24);;;;;;/q;3*+1;3*-1. The predicted molar refractivity (Wildman–Crippen MR) is 106 cm³/mol. The van der Waals surface area contributed by atoms with E-state index in [1.165, 1.54) is 46.8 Å². The van der Waals surface area contributed by atoms with E-state index in [1.807, 2.05) is 0 Å². The van der Waals surface area contributed by atoms with E-state index in [0.717, 1.165) is 12.1 Å². The largest absolute Gasteiger partial charge is 1.00 e. The van der Waals surface area contributed by atoms with Crippen molar-refractivity contribution in [3.05, 3.63) is 59.8 Å². The molecule has 3 aromatic rings. The molecular formula is C16H17ClFN3Na3O6PS. The topological polar surface area (TPSA) is 131 Å². The van der Waals surface area contributed by atoms with Gasteiger partial charge >= 0.3 is 96.4 Å². The van der Waals surface area contributed by atoms with E-state index in [4.69, 9.17) is 26.1 Å². The molecule has 0 aliphatic carbocycles. The van der Waals surface area contributed by atoms with Crippen LogP contribution in [0.5, 0.6) is 5.75 Å². The van der Waals surface area contributed by atoms with Gasteiger partial charge in [-0.2, -0.15) is 0 Å². The second kappa shape index (κ2) is 13.2. The molecule has 0 fully saturated rings. The summed E-state index contributed by atoms with van der Waals surface area (Å²) < 4.78 is 56.7. The van der Waals surface area contributed by atoms with E-state index in [9.17, 15) is 17.4 Å². The molecule has 1 aromatic heterocycles. The molecule has 0 radical (unpaired) electrons. The van der Waals surface area contributed by atoms with Crippen LogP contribution in [-0.2, 0) is 14.6 Å². The van der Waals surface area contributed by atoms with Crippen molar-refractivity contribution in [3.8, 4) is 22.7 Å². The minimum atomic E-state index is -5.00. The van der Waals surface area contributed by atoms with Crippen molar-refractivity contribution in [2.75, 3.05) is 7.11 Å². The van der Waals surface area contributed by atoms with Crippen LogP contribution in [-0.4, -0.2) is 34.9 Å². The SMILES string of the molecule is COc1ccc(-c2c(Cl)ncn2-c2ccc(S(=O)(=O)NP(=O)(O)O)cc2)cc1F.[H-].[H-].[H-].[Na+].[Na+].[Na+]. The van der Waals surface area contributed by atoms with E-state index in [2.05, 4.69) is 4.98 Å². The van der Waals surface area contributed by atoms with Gasteiger partial charge in [-0.3, -0.25) is 4.57 Å². The van der Waals surface area contributed by atoms with Crippen molar-refractivity contribution in [3.63, 3.8) is 0 Å². The molecule has 0 aliphatic heterocycles. The maximum absolute atomic E-state index is 14.1. The molecular weight excluding hydrogens is 517 g/mol. The van der Waals surface area contributed by atoms with Crippen molar-refractivity contribution < 1.29 is 125 Å². The van der Waals surface area contributed by atoms with Gasteiger partial charge in [0.25, 0.3) is 0 Å². The summed E-state index contributed by atoms with van der Waals surface area (Å²) >= 11 is 6.15. The summed E-state index contributed by atoms with van der Waals surface area (Å²) in [7, 11) is -8.07. The first-order chi connectivity index (χ1) is 13.5. The Kier molecular flexibility index (Phi) is 13.5. The third kappa shape index (κ3) is 7.87. The van der Waals surface area contributed by atoms with Gasteiger partial charge in [0.2, 0.25) is 10.0 Å². The number of hydrogen-bond acceptors (Lipinski definition) is 5. The van der Waals surface area contributed by atoms with E-state index < -0.39 is 23.6 Å². The van der Waals surface area contributed by atoms with Crippen LogP contribution in [0.4, 0.5) is 4.39 Å². The van der Waals surface area contributed by atoms with E-state index in [1.54, 1.807) is 6.07 Å². The summed E-state index contributed by atoms with van der Waals surface area (Å²) in [5.41, 5.74) is 1.20. The van der Waals surface area contributed by atoms with Gasteiger partial charge in [0.15, 0.2) is 16.7 Å². The Hall–Kier alpha value is 0.730. The average Bonchev–Trinajstić information content (AvgIpc) is 3.01. The van der Waals surface area contributed by atoms with Crippen molar-refractivity contribution in [1.29, 1.82) is 0 Å². The Morgan fingerprint density at radius 1 is 1.16 bits per heavy atom. The zero-order valence-corrected chi connectivity index (χ0v) is 26.1. The monoisotopic (exact) mass is 533 g/mol. The average molecular weight is 534 g/mol. The van der Waals surface area contributed by atoms with Crippen molar-refractivity contribution in [2.24, 2.45) is 0 Å². The summed E-state index contributed by atoms with van der Waals surface area (Å²) in [4.78, 5) is 21.3. The zero-order valence-electron chi connectivity index (χ0n) is 20.7. The molecule has 3 N–H and O–H groups in total. The zero-order chi connectivity index (χ0) is 21.4. The van der Waals surface area contributed by atoms with Crippen molar-refractivity contribution in [2.45, 2.75) is 4.90 Å². The van der Waals surface area contributed by atoms with Crippen LogP contribution in [0, 0.1) is 5.82 Å². The van der Waals surface area contributed by atoms with E-state index >= 15 is 0 Å². The molecule has 160 valence electrons. The van der Waals surface area contributed by atoms with Crippen LogP contribution < -0.4 is 97.9 Å². The second-order valence-electron chi connectivity index (χ2n) is 5.74. The maximum atomic E-state index is 14.1. The van der Waals surface area contributed by atoms with Crippen LogP contribution >= 0.6 is 19.3 Å². The van der Waals surface area contributed by atoms with Gasteiger partial charge in [0, 0.05) is 11.3 Å².